The number of aromatic hydroxyl groups is 1. The molecule has 4 nitrogen and oxygen atoms in total. The van der Waals surface area contributed by atoms with Gasteiger partial charge in [-0.1, -0.05) is 6.07 Å². The van der Waals surface area contributed by atoms with Crippen molar-refractivity contribution in [3.8, 4) is 5.75 Å². The lowest BCUT2D eigenvalue weighted by molar-refractivity contribution is -0.152. The molecular weight excluding hydrogens is 286 g/mol. The van der Waals surface area contributed by atoms with Crippen molar-refractivity contribution in [1.82, 2.24) is 0 Å². The standard InChI is InChI=1S/C12H16BrNO3/c1-12(2,11(16)17-3)10(14)7-4-5-9(15)8(13)6-7/h4-6,10,15H,14H2,1-3H3/t10-/m1/s1. The van der Waals surface area contributed by atoms with Crippen molar-refractivity contribution in [2.24, 2.45) is 11.1 Å². The van der Waals surface area contributed by atoms with Gasteiger partial charge in [-0.05, 0) is 47.5 Å². The fourth-order valence-corrected chi connectivity index (χ4v) is 1.92. The summed E-state index contributed by atoms with van der Waals surface area (Å²) >= 11 is 3.21. The Labute approximate surface area is 109 Å². The molecule has 0 fully saturated rings. The Hall–Kier alpha value is -1.07. The highest BCUT2D eigenvalue weighted by molar-refractivity contribution is 9.10. The molecule has 0 aromatic heterocycles. The molecule has 0 saturated carbocycles. The molecule has 0 heterocycles. The summed E-state index contributed by atoms with van der Waals surface area (Å²) in [5.74, 6) is -0.231. The smallest absolute Gasteiger partial charge is 0.313 e. The van der Waals surface area contributed by atoms with Crippen LogP contribution in [0.2, 0.25) is 0 Å². The second-order valence-electron chi connectivity index (χ2n) is 4.40. The molecule has 3 N–H and O–H groups in total. The number of methoxy groups -OCH3 is 1. The highest BCUT2D eigenvalue weighted by Crippen LogP contribution is 2.35. The quantitative estimate of drug-likeness (QED) is 0.841. The first kappa shape index (κ1) is 14.0. The van der Waals surface area contributed by atoms with Crippen LogP contribution >= 0.6 is 15.9 Å². The van der Waals surface area contributed by atoms with Gasteiger partial charge in [-0.3, -0.25) is 4.79 Å². The molecule has 0 aliphatic heterocycles. The summed E-state index contributed by atoms with van der Waals surface area (Å²) in [6, 6.07) is 4.42. The molecular formula is C12H16BrNO3. The number of halogens is 1. The zero-order valence-corrected chi connectivity index (χ0v) is 11.6. The number of esters is 1. The molecule has 0 spiro atoms. The van der Waals surface area contributed by atoms with Crippen molar-refractivity contribution in [1.29, 1.82) is 0 Å². The van der Waals surface area contributed by atoms with Crippen molar-refractivity contribution in [2.45, 2.75) is 19.9 Å². The molecule has 0 aliphatic carbocycles. The molecule has 17 heavy (non-hydrogen) atoms. The van der Waals surface area contributed by atoms with Crippen molar-refractivity contribution in [2.75, 3.05) is 7.11 Å². The second-order valence-corrected chi connectivity index (χ2v) is 5.26. The van der Waals surface area contributed by atoms with Gasteiger partial charge in [0.1, 0.15) is 5.75 Å². The predicted octanol–water partition coefficient (Wildman–Crippen LogP) is 2.35. The van der Waals surface area contributed by atoms with Crippen molar-refractivity contribution >= 4 is 21.9 Å². The minimum atomic E-state index is -0.828. The van der Waals surface area contributed by atoms with Crippen LogP contribution in [0.1, 0.15) is 25.5 Å². The molecule has 0 aliphatic rings. The summed E-state index contributed by atoms with van der Waals surface area (Å²) in [5.41, 5.74) is 5.99. The van der Waals surface area contributed by atoms with E-state index in [4.69, 9.17) is 10.5 Å². The Balaban J connectivity index is 3.07. The molecule has 0 radical (unpaired) electrons. The van der Waals surface area contributed by atoms with Gasteiger partial charge >= 0.3 is 5.97 Å². The highest BCUT2D eigenvalue weighted by atomic mass is 79.9. The summed E-state index contributed by atoms with van der Waals surface area (Å²) in [6.07, 6.45) is 0. The second kappa shape index (κ2) is 5.06. The van der Waals surface area contributed by atoms with Crippen LogP contribution in [0.25, 0.3) is 0 Å². The fourth-order valence-electron chi connectivity index (χ4n) is 1.52. The molecule has 0 amide bonds. The van der Waals surface area contributed by atoms with Gasteiger partial charge in [-0.15, -0.1) is 0 Å². The van der Waals surface area contributed by atoms with Gasteiger partial charge in [0.25, 0.3) is 0 Å². The zero-order chi connectivity index (χ0) is 13.2. The summed E-state index contributed by atoms with van der Waals surface area (Å²) < 4.78 is 5.28. The molecule has 1 aromatic rings. The molecule has 0 bridgehead atoms. The van der Waals surface area contributed by atoms with Crippen LogP contribution in [0.5, 0.6) is 5.75 Å². The molecule has 0 unspecified atom stereocenters. The molecule has 1 rings (SSSR count). The van der Waals surface area contributed by atoms with Gasteiger partial charge in [-0.2, -0.15) is 0 Å². The largest absolute Gasteiger partial charge is 0.507 e. The zero-order valence-electron chi connectivity index (χ0n) is 10.0. The third-order valence-corrected chi connectivity index (χ3v) is 3.46. The number of ether oxygens (including phenoxy) is 1. The summed E-state index contributed by atoms with van der Waals surface area (Å²) in [4.78, 5) is 11.6. The Morgan fingerprint density at radius 1 is 1.53 bits per heavy atom. The number of phenolic OH excluding ortho intramolecular Hbond substituents is 1. The lowest BCUT2D eigenvalue weighted by atomic mass is 9.81. The molecule has 94 valence electrons. The van der Waals surface area contributed by atoms with Crippen molar-refractivity contribution in [3.05, 3.63) is 28.2 Å². The third-order valence-electron chi connectivity index (χ3n) is 2.82. The number of carbonyl (C=O) groups is 1. The number of rotatable bonds is 3. The van der Waals surface area contributed by atoms with E-state index in [-0.39, 0.29) is 11.7 Å². The van der Waals surface area contributed by atoms with E-state index in [1.165, 1.54) is 13.2 Å². The maximum Gasteiger partial charge on any atom is 0.313 e. The number of carbonyl (C=O) groups excluding carboxylic acids is 1. The van der Waals surface area contributed by atoms with Gasteiger partial charge in [0.05, 0.1) is 17.0 Å². The Kier molecular flexibility index (Phi) is 4.16. The molecule has 5 heteroatoms. The maximum absolute atomic E-state index is 11.6. The number of nitrogens with two attached hydrogens (primary N) is 1. The Morgan fingerprint density at radius 3 is 2.59 bits per heavy atom. The van der Waals surface area contributed by atoms with E-state index in [0.717, 1.165) is 5.56 Å². The number of phenols is 1. The van der Waals surface area contributed by atoms with Gasteiger partial charge < -0.3 is 15.6 Å². The van der Waals surface area contributed by atoms with E-state index in [1.54, 1.807) is 26.0 Å². The fraction of sp³-hybridized carbons (Fsp3) is 0.417. The number of hydrogen-bond acceptors (Lipinski definition) is 4. The van der Waals surface area contributed by atoms with Crippen LogP contribution in [-0.2, 0) is 9.53 Å². The van der Waals surface area contributed by atoms with Gasteiger partial charge in [-0.25, -0.2) is 0 Å². The minimum Gasteiger partial charge on any atom is -0.507 e. The lowest BCUT2D eigenvalue weighted by Crippen LogP contribution is -2.37. The topological polar surface area (TPSA) is 72.5 Å². The van der Waals surface area contributed by atoms with Crippen LogP contribution in [0, 0.1) is 5.41 Å². The van der Waals surface area contributed by atoms with Crippen LogP contribution in [0.4, 0.5) is 0 Å². The Bertz CT molecular complexity index is 432. The summed E-state index contributed by atoms with van der Waals surface area (Å²) in [7, 11) is 1.34. The average molecular weight is 302 g/mol. The first-order valence-electron chi connectivity index (χ1n) is 5.13. The molecule has 1 aromatic carbocycles. The van der Waals surface area contributed by atoms with E-state index in [2.05, 4.69) is 15.9 Å². The highest BCUT2D eigenvalue weighted by Gasteiger charge is 2.36. The molecule has 0 saturated heterocycles. The maximum atomic E-state index is 11.6. The van der Waals surface area contributed by atoms with Crippen LogP contribution < -0.4 is 5.73 Å². The summed E-state index contributed by atoms with van der Waals surface area (Å²) in [5, 5.41) is 9.40. The van der Waals surface area contributed by atoms with Crippen LogP contribution in [-0.4, -0.2) is 18.2 Å². The van der Waals surface area contributed by atoms with Crippen molar-refractivity contribution in [3.63, 3.8) is 0 Å². The van der Waals surface area contributed by atoms with Crippen LogP contribution in [0.3, 0.4) is 0 Å². The minimum absolute atomic E-state index is 0.136. The van der Waals surface area contributed by atoms with E-state index in [0.29, 0.717) is 4.47 Å². The predicted molar refractivity (Wildman–Crippen MR) is 68.5 cm³/mol. The normalized spacial score (nSPS) is 13.2. The van der Waals surface area contributed by atoms with E-state index >= 15 is 0 Å². The first-order valence-corrected chi connectivity index (χ1v) is 5.92. The van der Waals surface area contributed by atoms with Gasteiger partial charge in [0.15, 0.2) is 0 Å². The summed E-state index contributed by atoms with van der Waals surface area (Å²) in [6.45, 7) is 3.45. The third kappa shape index (κ3) is 2.79. The van der Waals surface area contributed by atoms with Gasteiger partial charge in [0.2, 0.25) is 0 Å². The van der Waals surface area contributed by atoms with Crippen LogP contribution in [0.15, 0.2) is 22.7 Å². The van der Waals surface area contributed by atoms with E-state index in [1.807, 2.05) is 0 Å². The average Bonchev–Trinajstić information content (AvgIpc) is 2.30. The lowest BCUT2D eigenvalue weighted by Gasteiger charge is -2.29. The Morgan fingerprint density at radius 2 is 2.12 bits per heavy atom. The van der Waals surface area contributed by atoms with Crippen molar-refractivity contribution < 1.29 is 14.6 Å². The first-order chi connectivity index (χ1) is 7.80. The number of benzene rings is 1. The van der Waals surface area contributed by atoms with E-state index in [9.17, 15) is 9.90 Å². The number of hydrogen-bond donors (Lipinski definition) is 2. The monoisotopic (exact) mass is 301 g/mol. The van der Waals surface area contributed by atoms with Gasteiger partial charge in [0, 0.05) is 6.04 Å². The van der Waals surface area contributed by atoms with E-state index < -0.39 is 11.5 Å². The molecule has 1 atom stereocenters. The SMILES string of the molecule is COC(=O)C(C)(C)[C@H](N)c1ccc(O)c(Br)c1.